The molecular weight excluding hydrogens is 144 g/mol. The fraction of sp³-hybridized carbons (Fsp3) is 0.857. The summed E-state index contributed by atoms with van der Waals surface area (Å²) in [5, 5.41) is 1.59. The van der Waals surface area contributed by atoms with E-state index in [1.165, 1.54) is 0 Å². The molecular formula is C7H14N2O2. The Morgan fingerprint density at radius 1 is 2.00 bits per heavy atom. The molecule has 0 aromatic carbocycles. The van der Waals surface area contributed by atoms with E-state index >= 15 is 0 Å². The van der Waals surface area contributed by atoms with Crippen molar-refractivity contribution in [3.8, 4) is 0 Å². The van der Waals surface area contributed by atoms with Crippen LogP contribution in [0.1, 0.15) is 21.1 Å². The monoisotopic (exact) mass is 159 g/mol. The number of amides is 1. The van der Waals surface area contributed by atoms with Gasteiger partial charge in [0.25, 0.3) is 0 Å². The van der Waals surface area contributed by atoms with Crippen molar-refractivity contribution >= 4 is 5.91 Å². The van der Waals surface area contributed by atoms with Gasteiger partial charge < -0.3 is 5.73 Å². The Morgan fingerprint density at radius 3 is 3.45 bits per heavy atom. The van der Waals surface area contributed by atoms with Crippen LogP contribution in [-0.2, 0) is 9.63 Å². The minimum atomic E-state index is -0.336. The molecule has 1 saturated heterocycles. The third kappa shape index (κ3) is 1.91. The molecule has 1 atom stereocenters. The van der Waals surface area contributed by atoms with Crippen molar-refractivity contribution in [1.82, 2.24) is 5.06 Å². The molecule has 1 amide bonds. The Bertz CT molecular complexity index is 165. The molecule has 1 fully saturated rings. The Morgan fingerprint density at radius 2 is 2.82 bits per heavy atom. The van der Waals surface area contributed by atoms with Gasteiger partial charge in [0.1, 0.15) is 6.04 Å². The van der Waals surface area contributed by atoms with Gasteiger partial charge in [0, 0.05) is 7.92 Å². The van der Waals surface area contributed by atoms with Crippen LogP contribution in [0.2, 0.25) is 0 Å². The first-order valence-corrected chi connectivity index (χ1v) is 3.74. The van der Waals surface area contributed by atoms with E-state index in [1.54, 1.807) is 5.06 Å². The fourth-order valence-corrected chi connectivity index (χ4v) is 1.30. The number of hydroxylamine groups is 2. The molecule has 64 valence electrons. The van der Waals surface area contributed by atoms with E-state index in [1.807, 2.05) is 0 Å². The Hall–Kier alpha value is -0.610. The highest BCUT2D eigenvalue weighted by Gasteiger charge is 2.29. The SMILES string of the molecule is [2H]CCON1CCC[C@H]1C(N)=O. The topological polar surface area (TPSA) is 55.6 Å². The number of rotatable bonds is 3. The molecule has 4 nitrogen and oxygen atoms in total. The number of hydrogen-bond donors (Lipinski definition) is 1. The molecule has 0 radical (unpaired) electrons. The van der Waals surface area contributed by atoms with E-state index in [9.17, 15) is 4.79 Å². The zero-order valence-electron chi connectivity index (χ0n) is 7.45. The van der Waals surface area contributed by atoms with E-state index in [2.05, 4.69) is 0 Å². The lowest BCUT2D eigenvalue weighted by Crippen LogP contribution is -2.40. The van der Waals surface area contributed by atoms with E-state index in [0.717, 1.165) is 19.4 Å². The first kappa shape index (κ1) is 7.06. The van der Waals surface area contributed by atoms with E-state index in [4.69, 9.17) is 11.9 Å². The third-order valence-corrected chi connectivity index (χ3v) is 1.79. The van der Waals surface area contributed by atoms with Gasteiger partial charge in [-0.15, -0.1) is 0 Å². The second-order valence-electron chi connectivity index (χ2n) is 2.53. The summed E-state index contributed by atoms with van der Waals surface area (Å²) in [5.41, 5.74) is 5.15. The first-order valence-electron chi connectivity index (χ1n) is 4.44. The Labute approximate surface area is 67.7 Å². The number of nitrogens with zero attached hydrogens (tertiary/aromatic N) is 1. The lowest BCUT2D eigenvalue weighted by Gasteiger charge is -2.19. The maximum absolute atomic E-state index is 10.8. The smallest absolute Gasteiger partial charge is 0.237 e. The Balaban J connectivity index is 2.35. The molecule has 0 aromatic heterocycles. The molecule has 2 N–H and O–H groups in total. The van der Waals surface area contributed by atoms with Crippen molar-refractivity contribution in [1.29, 1.82) is 0 Å². The van der Waals surface area contributed by atoms with Crippen LogP contribution in [0.5, 0.6) is 0 Å². The lowest BCUT2D eigenvalue weighted by atomic mass is 10.2. The van der Waals surface area contributed by atoms with Gasteiger partial charge in [0.05, 0.1) is 6.61 Å². The van der Waals surface area contributed by atoms with Crippen molar-refractivity contribution in [3.05, 3.63) is 0 Å². The summed E-state index contributed by atoms with van der Waals surface area (Å²) in [6.45, 7) is 1.29. The van der Waals surface area contributed by atoms with Crippen molar-refractivity contribution in [3.63, 3.8) is 0 Å². The van der Waals surface area contributed by atoms with Crippen LogP contribution in [0.4, 0.5) is 0 Å². The molecule has 1 heterocycles. The van der Waals surface area contributed by atoms with Gasteiger partial charge in [-0.2, -0.15) is 5.06 Å². The number of carbonyl (C=O) groups excluding carboxylic acids is 1. The van der Waals surface area contributed by atoms with Gasteiger partial charge in [-0.25, -0.2) is 0 Å². The maximum Gasteiger partial charge on any atom is 0.237 e. The minimum absolute atomic E-state index is 0.210. The number of nitrogens with two attached hydrogens (primary N) is 1. The molecule has 1 rings (SSSR count). The average Bonchev–Trinajstić information content (AvgIpc) is 2.48. The zero-order chi connectivity index (χ0) is 8.97. The second kappa shape index (κ2) is 3.69. The summed E-state index contributed by atoms with van der Waals surface area (Å²) < 4.78 is 6.87. The highest BCUT2D eigenvalue weighted by molar-refractivity contribution is 5.79. The van der Waals surface area contributed by atoms with Crippen LogP contribution in [0, 0.1) is 0 Å². The van der Waals surface area contributed by atoms with E-state index in [-0.39, 0.29) is 18.8 Å². The quantitative estimate of drug-likeness (QED) is 0.625. The van der Waals surface area contributed by atoms with Crippen LogP contribution >= 0.6 is 0 Å². The molecule has 0 spiro atoms. The van der Waals surface area contributed by atoms with Crippen molar-refractivity contribution in [2.45, 2.75) is 25.8 Å². The Kier molecular flexibility index (Phi) is 2.37. The van der Waals surface area contributed by atoms with Gasteiger partial charge in [-0.1, -0.05) is 0 Å². The molecule has 1 aliphatic rings. The molecule has 1 aliphatic heterocycles. The van der Waals surface area contributed by atoms with Crippen LogP contribution in [0.25, 0.3) is 0 Å². The second-order valence-corrected chi connectivity index (χ2v) is 2.53. The van der Waals surface area contributed by atoms with Crippen molar-refractivity contribution in [2.75, 3.05) is 13.2 Å². The average molecular weight is 159 g/mol. The molecule has 4 heteroatoms. The summed E-state index contributed by atoms with van der Waals surface area (Å²) in [6.07, 6.45) is 1.71. The minimum Gasteiger partial charge on any atom is -0.368 e. The predicted molar refractivity (Wildman–Crippen MR) is 40.5 cm³/mol. The van der Waals surface area contributed by atoms with Crippen LogP contribution in [0.3, 0.4) is 0 Å². The summed E-state index contributed by atoms with van der Waals surface area (Å²) in [7, 11) is 0. The highest BCUT2D eigenvalue weighted by atomic mass is 16.7. The number of carbonyl (C=O) groups is 1. The van der Waals surface area contributed by atoms with Gasteiger partial charge >= 0.3 is 0 Å². The third-order valence-electron chi connectivity index (χ3n) is 1.79. The maximum atomic E-state index is 10.8. The summed E-state index contributed by atoms with van der Waals surface area (Å²) >= 11 is 0. The van der Waals surface area contributed by atoms with Crippen LogP contribution < -0.4 is 5.73 Å². The van der Waals surface area contributed by atoms with Gasteiger partial charge in [-0.05, 0) is 19.7 Å². The molecule has 0 aromatic rings. The predicted octanol–water partition coefficient (Wildman–Crippen LogP) is -0.112. The molecule has 0 unspecified atom stereocenters. The van der Waals surface area contributed by atoms with Gasteiger partial charge in [-0.3, -0.25) is 9.63 Å². The zero-order valence-corrected chi connectivity index (χ0v) is 6.45. The number of hydrogen-bond acceptors (Lipinski definition) is 3. The summed E-state index contributed by atoms with van der Waals surface area (Å²) in [5.74, 6) is -0.336. The molecule has 0 bridgehead atoms. The molecule has 0 saturated carbocycles. The normalized spacial score (nSPS) is 26.9. The van der Waals surface area contributed by atoms with Crippen molar-refractivity contribution < 1.29 is 11.0 Å². The number of primary amides is 1. The largest absolute Gasteiger partial charge is 0.368 e. The van der Waals surface area contributed by atoms with Gasteiger partial charge in [0.2, 0.25) is 5.91 Å². The summed E-state index contributed by atoms with van der Waals surface area (Å²) in [4.78, 5) is 16.0. The summed E-state index contributed by atoms with van der Waals surface area (Å²) in [6, 6.07) is -0.281. The van der Waals surface area contributed by atoms with E-state index < -0.39 is 0 Å². The van der Waals surface area contributed by atoms with Crippen LogP contribution in [-0.4, -0.2) is 30.2 Å². The fourth-order valence-electron chi connectivity index (χ4n) is 1.30. The van der Waals surface area contributed by atoms with E-state index in [0.29, 0.717) is 6.61 Å². The molecule has 0 aliphatic carbocycles. The van der Waals surface area contributed by atoms with Crippen molar-refractivity contribution in [2.24, 2.45) is 5.73 Å². The first-order chi connectivity index (χ1) is 5.75. The molecule has 11 heavy (non-hydrogen) atoms. The standard InChI is InChI=1S/C7H14N2O2/c1-2-11-9-5-3-4-6(9)7(8)10/h6H,2-5H2,1H3,(H2,8,10)/t6-/m0/s1/i1D. The highest BCUT2D eigenvalue weighted by Crippen LogP contribution is 2.16. The van der Waals surface area contributed by atoms with Gasteiger partial charge in [0.15, 0.2) is 0 Å². The van der Waals surface area contributed by atoms with Crippen LogP contribution in [0.15, 0.2) is 0 Å². The lowest BCUT2D eigenvalue weighted by molar-refractivity contribution is -0.171.